The van der Waals surface area contributed by atoms with E-state index in [1.165, 1.54) is 11.1 Å². The van der Waals surface area contributed by atoms with Gasteiger partial charge in [-0.25, -0.2) is 0 Å². The first-order valence-corrected chi connectivity index (χ1v) is 9.00. The lowest BCUT2D eigenvalue weighted by molar-refractivity contribution is 0.618. The average Bonchev–Trinajstić information content (AvgIpc) is 3.18. The van der Waals surface area contributed by atoms with Gasteiger partial charge in [0.2, 0.25) is 0 Å². The monoisotopic (exact) mass is 350 g/mol. The van der Waals surface area contributed by atoms with Crippen LogP contribution < -0.4 is 0 Å². The average molecular weight is 350 g/mol. The summed E-state index contributed by atoms with van der Waals surface area (Å²) in [6.07, 6.45) is 12.7. The molecular formula is C23H18N4. The summed E-state index contributed by atoms with van der Waals surface area (Å²) in [7, 11) is 0. The van der Waals surface area contributed by atoms with Gasteiger partial charge in [0.15, 0.2) is 0 Å². The number of rotatable bonds is 3. The van der Waals surface area contributed by atoms with Gasteiger partial charge in [-0.05, 0) is 29.3 Å². The van der Waals surface area contributed by atoms with Gasteiger partial charge in [0.25, 0.3) is 0 Å². The van der Waals surface area contributed by atoms with Gasteiger partial charge in [-0.2, -0.15) is 5.10 Å². The second-order valence-electron chi connectivity index (χ2n) is 6.80. The van der Waals surface area contributed by atoms with E-state index in [1.807, 2.05) is 36.8 Å². The van der Waals surface area contributed by atoms with Crippen molar-refractivity contribution in [1.82, 2.24) is 20.2 Å². The molecule has 4 heteroatoms. The van der Waals surface area contributed by atoms with Crippen molar-refractivity contribution < 1.29 is 0 Å². The van der Waals surface area contributed by atoms with Gasteiger partial charge in [0.1, 0.15) is 5.69 Å². The molecule has 1 atom stereocenters. The normalized spacial score (nSPS) is 18.2. The SMILES string of the molecule is C1=CC(c2ccccc2)(c2cccnc2)Cc2[nH]nc(-c3cccnc3)c21. The molecule has 4 nitrogen and oxygen atoms in total. The summed E-state index contributed by atoms with van der Waals surface area (Å²) in [4.78, 5) is 8.60. The number of aromatic nitrogens is 4. The van der Waals surface area contributed by atoms with Gasteiger partial charge in [0, 0.05) is 53.4 Å². The molecule has 0 amide bonds. The van der Waals surface area contributed by atoms with E-state index >= 15 is 0 Å². The Morgan fingerprint density at radius 3 is 2.33 bits per heavy atom. The van der Waals surface area contributed by atoms with Crippen molar-refractivity contribution >= 4 is 6.08 Å². The van der Waals surface area contributed by atoms with Crippen LogP contribution in [0.2, 0.25) is 0 Å². The van der Waals surface area contributed by atoms with Gasteiger partial charge in [-0.1, -0.05) is 48.6 Å². The predicted octanol–water partition coefficient (Wildman–Crippen LogP) is 4.42. The van der Waals surface area contributed by atoms with Gasteiger partial charge >= 0.3 is 0 Å². The molecule has 1 aliphatic carbocycles. The summed E-state index contributed by atoms with van der Waals surface area (Å²) in [6.45, 7) is 0. The van der Waals surface area contributed by atoms with Gasteiger partial charge in [0.05, 0.1) is 0 Å². The van der Waals surface area contributed by atoms with E-state index in [9.17, 15) is 0 Å². The van der Waals surface area contributed by atoms with Crippen LogP contribution in [-0.2, 0) is 11.8 Å². The Morgan fingerprint density at radius 2 is 1.59 bits per heavy atom. The highest BCUT2D eigenvalue weighted by Crippen LogP contribution is 2.42. The van der Waals surface area contributed by atoms with Crippen LogP contribution in [0.25, 0.3) is 17.3 Å². The van der Waals surface area contributed by atoms with E-state index < -0.39 is 0 Å². The molecule has 0 fully saturated rings. The zero-order chi connectivity index (χ0) is 18.1. The molecule has 0 saturated carbocycles. The van der Waals surface area contributed by atoms with Crippen LogP contribution in [0.5, 0.6) is 0 Å². The molecule has 3 heterocycles. The van der Waals surface area contributed by atoms with Gasteiger partial charge < -0.3 is 0 Å². The molecule has 5 rings (SSSR count). The van der Waals surface area contributed by atoms with E-state index in [1.54, 1.807) is 6.20 Å². The molecule has 0 radical (unpaired) electrons. The molecule has 1 aliphatic rings. The minimum atomic E-state index is -0.263. The number of aromatic amines is 1. The minimum absolute atomic E-state index is 0.263. The van der Waals surface area contributed by atoms with Crippen molar-refractivity contribution in [2.24, 2.45) is 0 Å². The molecule has 1 aromatic carbocycles. The van der Waals surface area contributed by atoms with Gasteiger partial charge in [-0.3, -0.25) is 15.1 Å². The predicted molar refractivity (Wildman–Crippen MR) is 106 cm³/mol. The molecule has 0 bridgehead atoms. The van der Waals surface area contributed by atoms with Crippen LogP contribution in [0.15, 0.2) is 85.5 Å². The Balaban J connectivity index is 1.66. The van der Waals surface area contributed by atoms with Crippen LogP contribution >= 0.6 is 0 Å². The molecule has 1 N–H and O–H groups in total. The number of benzene rings is 1. The molecule has 1 unspecified atom stereocenters. The van der Waals surface area contributed by atoms with Crippen LogP contribution in [-0.4, -0.2) is 20.2 Å². The van der Waals surface area contributed by atoms with E-state index in [2.05, 4.69) is 68.7 Å². The zero-order valence-electron chi connectivity index (χ0n) is 14.7. The number of H-pyrrole nitrogens is 1. The maximum absolute atomic E-state index is 4.59. The summed E-state index contributed by atoms with van der Waals surface area (Å²) >= 11 is 0. The maximum Gasteiger partial charge on any atom is 0.101 e. The first-order valence-electron chi connectivity index (χ1n) is 9.00. The van der Waals surface area contributed by atoms with Crippen molar-refractivity contribution in [3.05, 3.63) is 108 Å². The summed E-state index contributed by atoms with van der Waals surface area (Å²) in [6, 6.07) is 18.7. The Morgan fingerprint density at radius 1 is 0.815 bits per heavy atom. The number of hydrogen-bond acceptors (Lipinski definition) is 3. The Labute approximate surface area is 157 Å². The minimum Gasteiger partial charge on any atom is -0.281 e. The van der Waals surface area contributed by atoms with Crippen molar-refractivity contribution in [3.8, 4) is 11.3 Å². The first-order chi connectivity index (χ1) is 13.4. The first kappa shape index (κ1) is 15.7. The van der Waals surface area contributed by atoms with Crippen molar-refractivity contribution in [2.75, 3.05) is 0 Å². The van der Waals surface area contributed by atoms with Crippen molar-refractivity contribution in [1.29, 1.82) is 0 Å². The zero-order valence-corrected chi connectivity index (χ0v) is 14.7. The third kappa shape index (κ3) is 2.57. The lowest BCUT2D eigenvalue weighted by Crippen LogP contribution is -2.30. The molecule has 0 saturated heterocycles. The fraction of sp³-hybridized carbons (Fsp3) is 0.0870. The second-order valence-corrected chi connectivity index (χ2v) is 6.80. The van der Waals surface area contributed by atoms with E-state index in [4.69, 9.17) is 0 Å². The number of hydrogen-bond donors (Lipinski definition) is 1. The summed E-state index contributed by atoms with van der Waals surface area (Å²) in [5.41, 5.74) is 6.40. The molecule has 0 aliphatic heterocycles. The molecular weight excluding hydrogens is 332 g/mol. The Bertz CT molecular complexity index is 1040. The topological polar surface area (TPSA) is 54.5 Å². The van der Waals surface area contributed by atoms with Crippen LogP contribution in [0.4, 0.5) is 0 Å². The molecule has 27 heavy (non-hydrogen) atoms. The number of nitrogens with one attached hydrogen (secondary N) is 1. The number of fused-ring (bicyclic) bond motifs is 1. The lowest BCUT2D eigenvalue weighted by Gasteiger charge is -2.34. The van der Waals surface area contributed by atoms with E-state index in [-0.39, 0.29) is 5.41 Å². The van der Waals surface area contributed by atoms with E-state index in [0.717, 1.165) is 28.9 Å². The second kappa shape index (κ2) is 6.32. The fourth-order valence-corrected chi connectivity index (χ4v) is 3.91. The smallest absolute Gasteiger partial charge is 0.101 e. The van der Waals surface area contributed by atoms with Gasteiger partial charge in [-0.15, -0.1) is 0 Å². The molecule has 4 aromatic rings. The standard InChI is InChI=1S/C23H18N4/c1-2-7-18(8-3-1)23(19-9-5-13-25-16-19)11-10-20-21(14-23)26-27-22(20)17-6-4-12-24-15-17/h1-13,15-16H,14H2,(H,26,27). The Hall–Kier alpha value is -3.53. The maximum atomic E-state index is 4.59. The highest BCUT2D eigenvalue weighted by Gasteiger charge is 2.36. The van der Waals surface area contributed by atoms with Crippen molar-refractivity contribution in [3.63, 3.8) is 0 Å². The quantitative estimate of drug-likeness (QED) is 0.595. The highest BCUT2D eigenvalue weighted by molar-refractivity contribution is 5.76. The van der Waals surface area contributed by atoms with Crippen LogP contribution in [0.1, 0.15) is 22.4 Å². The summed E-state index contributed by atoms with van der Waals surface area (Å²) in [5.74, 6) is 0. The van der Waals surface area contributed by atoms with Crippen LogP contribution in [0, 0.1) is 0 Å². The summed E-state index contributed by atoms with van der Waals surface area (Å²) in [5, 5.41) is 7.86. The third-order valence-corrected chi connectivity index (χ3v) is 5.27. The molecule has 3 aromatic heterocycles. The molecule has 130 valence electrons. The fourth-order valence-electron chi connectivity index (χ4n) is 3.91. The van der Waals surface area contributed by atoms with E-state index in [0.29, 0.717) is 0 Å². The largest absolute Gasteiger partial charge is 0.281 e. The number of allylic oxidation sites excluding steroid dienone is 1. The van der Waals surface area contributed by atoms with Crippen LogP contribution in [0.3, 0.4) is 0 Å². The lowest BCUT2D eigenvalue weighted by atomic mass is 9.69. The highest BCUT2D eigenvalue weighted by atomic mass is 15.1. The summed E-state index contributed by atoms with van der Waals surface area (Å²) < 4.78 is 0. The third-order valence-electron chi connectivity index (χ3n) is 5.27. The Kier molecular flexibility index (Phi) is 3.68. The number of pyridine rings is 2. The van der Waals surface area contributed by atoms with Crippen molar-refractivity contribution in [2.45, 2.75) is 11.8 Å². The molecule has 0 spiro atoms. The number of nitrogens with zero attached hydrogens (tertiary/aromatic N) is 3.